The lowest BCUT2D eigenvalue weighted by Gasteiger charge is -2.52. The van der Waals surface area contributed by atoms with Crippen LogP contribution in [-0.4, -0.2) is 16.1 Å². The number of halogens is 1. The van der Waals surface area contributed by atoms with Crippen LogP contribution in [0.1, 0.15) is 270 Å². The van der Waals surface area contributed by atoms with Crippen LogP contribution in [0.25, 0.3) is 42.4 Å². The van der Waals surface area contributed by atoms with Gasteiger partial charge in [-0.15, -0.1) is 22.7 Å². The molecule has 6 aliphatic rings. The van der Waals surface area contributed by atoms with Crippen LogP contribution in [0, 0.1) is 13.8 Å². The molecule has 4 nitrogen and oxygen atoms in total. The van der Waals surface area contributed by atoms with Gasteiger partial charge in [-0.25, -0.2) is 0 Å². The average molecular weight is 1850 g/mol. The Morgan fingerprint density at radius 3 is 0.947 bits per heavy atom. The Bertz CT molecular complexity index is 6470. The maximum Gasteiger partial charge on any atom is 0.0776 e. The van der Waals surface area contributed by atoms with E-state index in [9.17, 15) is 0 Å². The Labute approximate surface area is 815 Å². The van der Waals surface area contributed by atoms with E-state index in [2.05, 4.69) is 467 Å². The van der Waals surface area contributed by atoms with Gasteiger partial charge >= 0.3 is 0 Å². The summed E-state index contributed by atoms with van der Waals surface area (Å²) in [5.74, 6) is 0. The minimum atomic E-state index is -1.69. The average Bonchev–Trinajstić information content (AvgIpc) is 1.67. The lowest BCUT2D eigenvalue weighted by molar-refractivity contribution is 0.188. The van der Waals surface area contributed by atoms with Gasteiger partial charge in [0.25, 0.3) is 0 Å². The van der Waals surface area contributed by atoms with E-state index in [0.29, 0.717) is 10.8 Å². The first kappa shape index (κ1) is 96.6. The zero-order valence-electron chi connectivity index (χ0n) is 85.9. The topological polar surface area (TPSA) is 21.8 Å². The molecule has 12 aromatic carbocycles. The smallest absolute Gasteiger partial charge is 0.0776 e. The van der Waals surface area contributed by atoms with E-state index in [1.165, 1.54) is 166 Å². The summed E-state index contributed by atoms with van der Waals surface area (Å²) in [6.45, 7) is 70.2. The highest BCUT2D eigenvalue weighted by Crippen LogP contribution is 2.61. The summed E-state index contributed by atoms with van der Waals surface area (Å²) >= 11 is 10.2. The highest BCUT2D eigenvalue weighted by atomic mass is 35.5. The van der Waals surface area contributed by atoms with Gasteiger partial charge in [-0.05, 0) is 319 Å². The van der Waals surface area contributed by atoms with E-state index in [0.717, 1.165) is 50.4 Å². The predicted octanol–water partition coefficient (Wildman–Crippen LogP) is 37.3. The lowest BCUT2D eigenvalue weighted by atomic mass is 9.52. The molecule has 4 bridgehead atoms. The minimum absolute atomic E-state index is 0.0573. The molecule has 133 heavy (non-hydrogen) atoms. The quantitative estimate of drug-likeness (QED) is 0.103. The molecule has 0 radical (unpaired) electrons. The highest BCUT2D eigenvalue weighted by molar-refractivity contribution is 7.18. The van der Waals surface area contributed by atoms with E-state index in [1.54, 1.807) is 22.3 Å². The first-order valence-electron chi connectivity index (χ1n) is 49.2. The van der Waals surface area contributed by atoms with Gasteiger partial charge in [-0.3, -0.25) is 0 Å². The van der Waals surface area contributed by atoms with Crippen molar-refractivity contribution in [2.75, 3.05) is 20.0 Å². The van der Waals surface area contributed by atoms with E-state index in [-0.39, 0.29) is 43.3 Å². The molecule has 2 saturated carbocycles. The molecule has 692 valence electrons. The zero-order valence-corrected chi connectivity index (χ0v) is 90.3. The number of hydrogen-bond acceptors (Lipinski definition) is 6. The summed E-state index contributed by atoms with van der Waals surface area (Å²) in [6.07, 6.45) is 10.4. The summed E-state index contributed by atoms with van der Waals surface area (Å²) in [4.78, 5) is 7.36. The fraction of sp³-hybridized carbons (Fsp3) is 0.387. The molecule has 20 rings (SSSR count). The fourth-order valence-electron chi connectivity index (χ4n) is 21.0. The Morgan fingerprint density at radius 2 is 0.586 bits per heavy atom. The van der Waals surface area contributed by atoms with Crippen LogP contribution in [0.2, 0.25) is 44.3 Å². The third kappa shape index (κ3) is 20.0. The lowest BCUT2D eigenvalue weighted by Crippen LogP contribution is -2.44. The van der Waals surface area contributed by atoms with Gasteiger partial charge < -0.3 is 20.0 Å². The van der Waals surface area contributed by atoms with Crippen LogP contribution in [0.15, 0.2) is 253 Å². The summed E-state index contributed by atoms with van der Waals surface area (Å²) < 4.78 is 2.80. The van der Waals surface area contributed by atoms with Gasteiger partial charge in [0.1, 0.15) is 0 Å². The molecule has 0 amide bonds. The summed E-state index contributed by atoms with van der Waals surface area (Å²) in [5, 5.41) is 15.2. The molecule has 2 heterocycles. The largest absolute Gasteiger partial charge is 0.354 e. The maximum absolute atomic E-state index is 6.41. The number of thiophene rings is 2. The third-order valence-corrected chi connectivity index (χ3v) is 36.5. The van der Waals surface area contributed by atoms with Crippen LogP contribution in [-0.2, 0) is 54.1 Å². The summed E-state index contributed by atoms with van der Waals surface area (Å²) in [6, 6.07) is 93.3. The maximum atomic E-state index is 6.41. The molecule has 0 unspecified atom stereocenters. The van der Waals surface area contributed by atoms with Gasteiger partial charge in [-0.1, -0.05) is 335 Å². The standard InChI is InChI=1S/C62H74N2SSi.C35H43NSSi.C27H32ClN/c1-41-34-48(63(46-24-20-44(21-25-46)59(5,6)7)47-26-22-45(23-27-47)60(8,9)10)36-49(35-41)64(56-40-65-57-39-54-53(38-52(56)57)61(11)30-32-62(54,12)33-31-61)55-29-28-50(66(13,14)15)37-51(55)42-16-18-43(19-17-42)58(2,3)4;1-33(2,3)24-11-9-23(10-12-24)26-19-25(38(6,7)8)13-14-30(26)36-31-22-37-32-21-29-28(20-27(31)32)34(4)15-17-35(29,5)18-16-34;1-19-16-22(28)18-25(17-19)29(23-12-8-20(9-13-23)26(2,3)4)24-14-10-21(11-15-24)27(5,6)7/h16-29,34-40H,30-33H2,1-15H3;9-14,19-22,36H,15-18H2,1-8H3;8-18H,1-7H3. The van der Waals surface area contributed by atoms with Crippen molar-refractivity contribution in [3.63, 3.8) is 0 Å². The van der Waals surface area contributed by atoms with E-state index >= 15 is 0 Å². The van der Waals surface area contributed by atoms with Crippen molar-refractivity contribution in [3.8, 4) is 22.3 Å². The Hall–Kier alpha value is -9.52. The number of rotatable bonds is 15. The Morgan fingerprint density at radius 1 is 0.286 bits per heavy atom. The molecule has 2 aromatic heterocycles. The fourth-order valence-corrected chi connectivity index (χ4v) is 25.5. The van der Waals surface area contributed by atoms with Crippen molar-refractivity contribution >= 4 is 144 Å². The van der Waals surface area contributed by atoms with Gasteiger partial charge in [0, 0.05) is 92.6 Å². The molecular weight excluding hydrogens is 1700 g/mol. The first-order chi connectivity index (χ1) is 62.0. The van der Waals surface area contributed by atoms with Gasteiger partial charge in [0.15, 0.2) is 0 Å². The molecule has 0 aliphatic heterocycles. The minimum Gasteiger partial charge on any atom is -0.354 e. The van der Waals surface area contributed by atoms with Gasteiger partial charge in [0.2, 0.25) is 0 Å². The van der Waals surface area contributed by atoms with Crippen molar-refractivity contribution in [3.05, 3.63) is 325 Å². The summed E-state index contributed by atoms with van der Waals surface area (Å²) in [7, 11) is -3.14. The van der Waals surface area contributed by atoms with E-state index in [4.69, 9.17) is 11.6 Å². The number of hydrogen-bond donors (Lipinski definition) is 1. The molecule has 6 aliphatic carbocycles. The van der Waals surface area contributed by atoms with Crippen LogP contribution in [0.4, 0.5) is 62.6 Å². The molecule has 0 saturated heterocycles. The SMILES string of the molecule is CC(C)(C)c1ccc(-c2cc([Si](C)(C)C)ccc2Nc2csc3cc4c(cc23)C2(C)CCC4(C)CC2)cc1.Cc1cc(Cl)cc(N(c2ccc(C(C)(C)C)cc2)c2ccc(C(C)(C)C)cc2)c1.Cc1cc(N(c2ccc(C(C)(C)C)cc2)c2ccc(C(C)(C)C)cc2)cc(N(c2ccc([Si](C)(C)C)cc2-c2ccc(C(C)(C)C)cc2)c2csc3cc4c(cc23)C2(C)CCC4(C)CC2)c1. The van der Waals surface area contributed by atoms with Crippen LogP contribution in [0.5, 0.6) is 0 Å². The third-order valence-electron chi connectivity index (χ3n) is 30.4. The second kappa shape index (κ2) is 35.2. The molecule has 9 heteroatoms. The highest BCUT2D eigenvalue weighted by Gasteiger charge is 2.50. The normalized spacial score (nSPS) is 18.5. The number of nitrogens with one attached hydrogen (secondary N) is 1. The number of anilines is 11. The second-order valence-electron chi connectivity index (χ2n) is 49.3. The van der Waals surface area contributed by atoms with Crippen molar-refractivity contribution < 1.29 is 0 Å². The molecule has 14 aromatic rings. The first-order valence-corrected chi connectivity index (χ1v) is 58.3. The van der Waals surface area contributed by atoms with Gasteiger partial charge in [0.05, 0.1) is 33.2 Å². The van der Waals surface area contributed by atoms with E-state index in [1.807, 2.05) is 34.8 Å². The van der Waals surface area contributed by atoms with Crippen molar-refractivity contribution in [1.82, 2.24) is 0 Å². The Balaban J connectivity index is 0.000000162. The molecule has 2 fully saturated rings. The Kier molecular flexibility index (Phi) is 25.6. The zero-order chi connectivity index (χ0) is 95.8. The summed E-state index contributed by atoms with van der Waals surface area (Å²) in [5.41, 5.74) is 36.6. The van der Waals surface area contributed by atoms with Crippen LogP contribution < -0.4 is 30.4 Å². The van der Waals surface area contributed by atoms with E-state index < -0.39 is 16.1 Å². The number of aryl methyl sites for hydroxylation is 2. The van der Waals surface area contributed by atoms with Crippen LogP contribution in [0.3, 0.4) is 0 Å². The van der Waals surface area contributed by atoms with Crippen molar-refractivity contribution in [2.45, 2.75) is 311 Å². The molecule has 0 atom stereocenters. The van der Waals surface area contributed by atoms with Gasteiger partial charge in [-0.2, -0.15) is 0 Å². The van der Waals surface area contributed by atoms with Crippen LogP contribution >= 0.6 is 34.3 Å². The van der Waals surface area contributed by atoms with Crippen molar-refractivity contribution in [1.29, 1.82) is 0 Å². The number of fused-ring (bicyclic) bond motifs is 6. The van der Waals surface area contributed by atoms with Crippen molar-refractivity contribution in [2.24, 2.45) is 0 Å². The predicted molar refractivity (Wildman–Crippen MR) is 594 cm³/mol. The molecular formula is C124H149ClN4S2Si2. The molecule has 1 N–H and O–H groups in total. The molecule has 0 spiro atoms. The number of nitrogens with zero attached hydrogens (tertiary/aromatic N) is 3. The number of benzene rings is 12. The monoisotopic (exact) mass is 1850 g/mol. The second-order valence-corrected chi connectivity index (χ2v) is 61.7.